The zero-order chi connectivity index (χ0) is 21.6. The molecule has 11 nitrogen and oxygen atoms in total. The number of fused-ring (bicyclic) bond motifs is 1. The topological polar surface area (TPSA) is 130 Å². The first kappa shape index (κ1) is 19.5. The van der Waals surface area contributed by atoms with Crippen LogP contribution in [0.5, 0.6) is 0 Å². The number of sulfonamides is 1. The van der Waals surface area contributed by atoms with Crippen LogP contribution in [0.1, 0.15) is 5.82 Å². The molecule has 0 radical (unpaired) electrons. The van der Waals surface area contributed by atoms with Gasteiger partial charge in [-0.15, -0.1) is 0 Å². The number of hydrogen-bond acceptors (Lipinski definition) is 8. The number of rotatable bonds is 4. The highest BCUT2D eigenvalue weighted by Crippen LogP contribution is 2.23. The molecule has 5 rings (SSSR count). The molecule has 4 heterocycles. The van der Waals surface area contributed by atoms with E-state index >= 15 is 0 Å². The molecule has 0 saturated carbocycles. The van der Waals surface area contributed by atoms with Gasteiger partial charge in [0.05, 0.1) is 10.4 Å². The van der Waals surface area contributed by atoms with Gasteiger partial charge in [0, 0.05) is 44.6 Å². The molecule has 12 heteroatoms. The van der Waals surface area contributed by atoms with Gasteiger partial charge in [-0.25, -0.2) is 28.2 Å². The molecule has 31 heavy (non-hydrogen) atoms. The minimum absolute atomic E-state index is 0.116. The van der Waals surface area contributed by atoms with Gasteiger partial charge in [-0.2, -0.15) is 4.31 Å². The Labute approximate surface area is 177 Å². The van der Waals surface area contributed by atoms with Crippen LogP contribution >= 0.6 is 0 Å². The summed E-state index contributed by atoms with van der Waals surface area (Å²) >= 11 is 0. The molecular formula is C19H19N7O4S. The number of aromatic amines is 1. The maximum absolute atomic E-state index is 13.1. The molecule has 3 aromatic heterocycles. The predicted octanol–water partition coefficient (Wildman–Crippen LogP) is 0.916. The van der Waals surface area contributed by atoms with Gasteiger partial charge in [0.2, 0.25) is 10.0 Å². The highest BCUT2D eigenvalue weighted by atomic mass is 32.2. The standard InChI is InChI=1S/C19H19N7O4S/c1-13-20-4-5-26(13)18-11-17(21-12-22-18)24-6-8-25(9-7-24)31(28,29)14-2-3-16-15(10-14)23-19(27)30-16/h2-5,10-12H,6-9H2,1H3,(H,23,27). The summed E-state index contributed by atoms with van der Waals surface area (Å²) in [7, 11) is -3.70. The fourth-order valence-corrected chi connectivity index (χ4v) is 5.11. The summed E-state index contributed by atoms with van der Waals surface area (Å²) in [4.78, 5) is 28.8. The van der Waals surface area contributed by atoms with E-state index in [0.29, 0.717) is 43.1 Å². The van der Waals surface area contributed by atoms with Crippen LogP contribution in [0.15, 0.2) is 57.1 Å². The fourth-order valence-electron chi connectivity index (χ4n) is 3.66. The van der Waals surface area contributed by atoms with Crippen LogP contribution in [0.3, 0.4) is 0 Å². The van der Waals surface area contributed by atoms with E-state index in [1.54, 1.807) is 6.20 Å². The monoisotopic (exact) mass is 441 g/mol. The number of benzene rings is 1. The number of aromatic nitrogens is 5. The minimum Gasteiger partial charge on any atom is -0.408 e. The number of nitrogens with zero attached hydrogens (tertiary/aromatic N) is 6. The van der Waals surface area contributed by atoms with E-state index in [4.69, 9.17) is 4.42 Å². The molecule has 4 aromatic rings. The van der Waals surface area contributed by atoms with Crippen LogP contribution in [-0.2, 0) is 10.0 Å². The van der Waals surface area contributed by atoms with Crippen molar-refractivity contribution in [1.29, 1.82) is 0 Å². The number of aryl methyl sites for hydroxylation is 1. The maximum atomic E-state index is 13.1. The number of imidazole rings is 1. The molecule has 160 valence electrons. The molecule has 0 atom stereocenters. The van der Waals surface area contributed by atoms with Gasteiger partial charge in [-0.3, -0.25) is 9.55 Å². The van der Waals surface area contributed by atoms with E-state index in [-0.39, 0.29) is 4.90 Å². The number of nitrogens with one attached hydrogen (secondary N) is 1. The average Bonchev–Trinajstić information content (AvgIpc) is 3.37. The smallest absolute Gasteiger partial charge is 0.408 e. The summed E-state index contributed by atoms with van der Waals surface area (Å²) in [6.07, 6.45) is 5.03. The Hall–Kier alpha value is -3.51. The number of piperazine rings is 1. The lowest BCUT2D eigenvalue weighted by Gasteiger charge is -2.34. The third kappa shape index (κ3) is 3.49. The molecule has 0 spiro atoms. The van der Waals surface area contributed by atoms with Crippen LogP contribution in [-0.4, -0.2) is 63.4 Å². The van der Waals surface area contributed by atoms with Crippen LogP contribution in [0.4, 0.5) is 5.82 Å². The number of hydrogen-bond donors (Lipinski definition) is 1. The first-order chi connectivity index (χ1) is 14.9. The molecule has 0 bridgehead atoms. The minimum atomic E-state index is -3.70. The summed E-state index contributed by atoms with van der Waals surface area (Å²) in [5.74, 6) is 1.63. The van der Waals surface area contributed by atoms with Gasteiger partial charge in [0.15, 0.2) is 5.58 Å². The predicted molar refractivity (Wildman–Crippen MR) is 112 cm³/mol. The van der Waals surface area contributed by atoms with Crippen LogP contribution in [0.25, 0.3) is 16.9 Å². The Morgan fingerprint density at radius 1 is 1.03 bits per heavy atom. The van der Waals surface area contributed by atoms with Gasteiger partial charge in [-0.1, -0.05) is 0 Å². The molecule has 0 amide bonds. The quantitative estimate of drug-likeness (QED) is 0.495. The van der Waals surface area contributed by atoms with E-state index in [0.717, 1.165) is 11.6 Å². The van der Waals surface area contributed by atoms with Crippen molar-refractivity contribution in [1.82, 2.24) is 28.8 Å². The van der Waals surface area contributed by atoms with Gasteiger partial charge in [-0.05, 0) is 25.1 Å². The SMILES string of the molecule is Cc1nccn1-c1cc(N2CCN(S(=O)(=O)c3ccc4oc(=O)[nH]c4c3)CC2)ncn1. The molecule has 1 aliphatic heterocycles. The van der Waals surface area contributed by atoms with Crippen molar-refractivity contribution in [2.24, 2.45) is 0 Å². The first-order valence-corrected chi connectivity index (χ1v) is 11.1. The summed E-state index contributed by atoms with van der Waals surface area (Å²) in [5.41, 5.74) is 0.675. The lowest BCUT2D eigenvalue weighted by molar-refractivity contribution is 0.384. The summed E-state index contributed by atoms with van der Waals surface area (Å²) in [6.45, 7) is 3.49. The van der Waals surface area contributed by atoms with Crippen molar-refractivity contribution in [3.63, 3.8) is 0 Å². The summed E-state index contributed by atoms with van der Waals surface area (Å²) in [5, 5.41) is 0. The van der Waals surface area contributed by atoms with E-state index in [9.17, 15) is 13.2 Å². The van der Waals surface area contributed by atoms with Crippen molar-refractivity contribution in [2.45, 2.75) is 11.8 Å². The average molecular weight is 441 g/mol. The van der Waals surface area contributed by atoms with E-state index in [1.807, 2.05) is 28.7 Å². The van der Waals surface area contributed by atoms with Gasteiger partial charge in [0.1, 0.15) is 23.8 Å². The van der Waals surface area contributed by atoms with Gasteiger partial charge in [0.25, 0.3) is 0 Å². The Bertz CT molecular complexity index is 1410. The largest absolute Gasteiger partial charge is 0.417 e. The molecule has 1 saturated heterocycles. The molecule has 1 N–H and O–H groups in total. The lowest BCUT2D eigenvalue weighted by Crippen LogP contribution is -2.48. The van der Waals surface area contributed by atoms with E-state index in [2.05, 4.69) is 19.9 Å². The van der Waals surface area contributed by atoms with Gasteiger partial charge >= 0.3 is 5.76 Å². The zero-order valence-electron chi connectivity index (χ0n) is 16.6. The Morgan fingerprint density at radius 3 is 2.55 bits per heavy atom. The first-order valence-electron chi connectivity index (χ1n) is 9.62. The number of H-pyrrole nitrogens is 1. The molecular weight excluding hydrogens is 422 g/mol. The zero-order valence-corrected chi connectivity index (χ0v) is 17.4. The summed E-state index contributed by atoms with van der Waals surface area (Å²) < 4.78 is 34.4. The molecule has 0 unspecified atom stereocenters. The Kier molecular flexibility index (Phi) is 4.59. The Morgan fingerprint density at radius 2 is 1.81 bits per heavy atom. The highest BCUT2D eigenvalue weighted by molar-refractivity contribution is 7.89. The molecule has 1 aromatic carbocycles. The second-order valence-corrected chi connectivity index (χ2v) is 9.08. The molecule has 0 aliphatic carbocycles. The second kappa shape index (κ2) is 7.32. The van der Waals surface area contributed by atoms with Gasteiger partial charge < -0.3 is 9.32 Å². The van der Waals surface area contributed by atoms with Crippen molar-refractivity contribution >= 4 is 26.9 Å². The normalized spacial score (nSPS) is 15.6. The second-order valence-electron chi connectivity index (χ2n) is 7.14. The van der Waals surface area contributed by atoms with E-state index in [1.165, 1.54) is 28.8 Å². The third-order valence-corrected chi connectivity index (χ3v) is 7.20. The third-order valence-electron chi connectivity index (χ3n) is 5.30. The lowest BCUT2D eigenvalue weighted by atomic mass is 10.3. The molecule has 1 aliphatic rings. The highest BCUT2D eigenvalue weighted by Gasteiger charge is 2.29. The number of oxazole rings is 1. The van der Waals surface area contributed by atoms with Crippen molar-refractivity contribution in [2.75, 3.05) is 31.1 Å². The Balaban J connectivity index is 1.34. The maximum Gasteiger partial charge on any atom is 0.417 e. The van der Waals surface area contributed by atoms with Crippen molar-refractivity contribution in [3.05, 3.63) is 59.4 Å². The number of anilines is 1. The van der Waals surface area contributed by atoms with Crippen molar-refractivity contribution < 1.29 is 12.8 Å². The van der Waals surface area contributed by atoms with Crippen molar-refractivity contribution in [3.8, 4) is 5.82 Å². The fraction of sp³-hybridized carbons (Fsp3) is 0.263. The van der Waals surface area contributed by atoms with Crippen LogP contribution in [0, 0.1) is 6.92 Å². The molecule has 1 fully saturated rings. The van der Waals surface area contributed by atoms with E-state index < -0.39 is 15.8 Å². The summed E-state index contributed by atoms with van der Waals surface area (Å²) in [6, 6.07) is 6.22. The van der Waals surface area contributed by atoms with Crippen LogP contribution in [0.2, 0.25) is 0 Å². The van der Waals surface area contributed by atoms with Crippen LogP contribution < -0.4 is 10.7 Å².